The minimum absolute atomic E-state index is 0.0967. The lowest BCUT2D eigenvalue weighted by atomic mass is 9.87. The van der Waals surface area contributed by atoms with Crippen molar-refractivity contribution >= 4 is 23.3 Å². The van der Waals surface area contributed by atoms with E-state index in [4.69, 9.17) is 11.6 Å². The van der Waals surface area contributed by atoms with Gasteiger partial charge in [0.15, 0.2) is 0 Å². The van der Waals surface area contributed by atoms with Gasteiger partial charge in [-0.25, -0.2) is 9.07 Å². The number of aromatic nitrogens is 2. The maximum absolute atomic E-state index is 13.2. The predicted molar refractivity (Wildman–Crippen MR) is 90.1 cm³/mol. The third-order valence-electron chi connectivity index (χ3n) is 4.15. The largest absolute Gasteiger partial charge is 0.310 e. The molecule has 120 valence electrons. The van der Waals surface area contributed by atoms with E-state index in [-0.39, 0.29) is 17.6 Å². The van der Waals surface area contributed by atoms with E-state index in [9.17, 15) is 9.18 Å². The van der Waals surface area contributed by atoms with E-state index >= 15 is 0 Å². The molecule has 1 aliphatic rings. The van der Waals surface area contributed by atoms with Crippen LogP contribution in [0.3, 0.4) is 0 Å². The zero-order valence-corrected chi connectivity index (χ0v) is 13.3. The van der Waals surface area contributed by atoms with Crippen LogP contribution in [0.2, 0.25) is 5.02 Å². The Morgan fingerprint density at radius 2 is 2.00 bits per heavy atom. The van der Waals surface area contributed by atoms with E-state index in [1.807, 2.05) is 12.1 Å². The third kappa shape index (κ3) is 2.57. The first-order valence-electron chi connectivity index (χ1n) is 7.51. The van der Waals surface area contributed by atoms with Gasteiger partial charge in [-0.15, -0.1) is 0 Å². The second-order valence-electron chi connectivity index (χ2n) is 5.70. The Balaban J connectivity index is 1.81. The number of anilines is 1. The summed E-state index contributed by atoms with van der Waals surface area (Å²) >= 11 is 6.05. The van der Waals surface area contributed by atoms with Crippen molar-refractivity contribution in [2.24, 2.45) is 0 Å². The maximum Gasteiger partial charge on any atom is 0.226 e. The van der Waals surface area contributed by atoms with Crippen molar-refractivity contribution in [1.29, 1.82) is 0 Å². The van der Waals surface area contributed by atoms with Crippen LogP contribution in [0.1, 0.15) is 23.5 Å². The first kappa shape index (κ1) is 14.9. The number of halogens is 2. The van der Waals surface area contributed by atoms with Gasteiger partial charge in [0, 0.05) is 22.9 Å². The van der Waals surface area contributed by atoms with Gasteiger partial charge in [0.2, 0.25) is 5.91 Å². The lowest BCUT2D eigenvalue weighted by Crippen LogP contribution is -2.24. The van der Waals surface area contributed by atoms with E-state index in [0.29, 0.717) is 17.3 Å². The molecule has 1 N–H and O–H groups in total. The summed E-state index contributed by atoms with van der Waals surface area (Å²) in [6, 6.07) is 13.5. The van der Waals surface area contributed by atoms with Crippen LogP contribution in [-0.2, 0) is 4.79 Å². The number of nitrogens with zero attached hydrogens (tertiary/aromatic N) is 2. The molecular formula is C18H13ClFN3O. The molecule has 0 saturated carbocycles. The number of amides is 1. The molecule has 6 heteroatoms. The average Bonchev–Trinajstić information content (AvgIpc) is 2.98. The Hall–Kier alpha value is -2.66. The molecule has 4 rings (SSSR count). The maximum atomic E-state index is 13.2. The zero-order valence-electron chi connectivity index (χ0n) is 12.5. The summed E-state index contributed by atoms with van der Waals surface area (Å²) in [6.45, 7) is 0. The molecule has 0 bridgehead atoms. The highest BCUT2D eigenvalue weighted by Crippen LogP contribution is 2.38. The van der Waals surface area contributed by atoms with Crippen LogP contribution >= 0.6 is 11.6 Å². The molecule has 4 nitrogen and oxygen atoms in total. The van der Waals surface area contributed by atoms with Crippen molar-refractivity contribution in [3.63, 3.8) is 0 Å². The zero-order chi connectivity index (χ0) is 16.7. The summed E-state index contributed by atoms with van der Waals surface area (Å²) in [5.74, 6) is 0.0829. The monoisotopic (exact) mass is 341 g/mol. The molecule has 1 unspecified atom stereocenters. The first-order valence-corrected chi connectivity index (χ1v) is 7.89. The highest BCUT2D eigenvalue weighted by atomic mass is 35.5. The number of fused-ring (bicyclic) bond motifs is 1. The molecule has 24 heavy (non-hydrogen) atoms. The lowest BCUT2D eigenvalue weighted by molar-refractivity contribution is -0.116. The van der Waals surface area contributed by atoms with Gasteiger partial charge < -0.3 is 5.32 Å². The van der Waals surface area contributed by atoms with Gasteiger partial charge in [-0.3, -0.25) is 4.79 Å². The molecule has 0 aliphatic carbocycles. The van der Waals surface area contributed by atoms with Crippen LogP contribution < -0.4 is 5.32 Å². The number of nitrogens with one attached hydrogen (secondary N) is 1. The number of carbonyl (C=O) groups excluding carboxylic acids is 1. The van der Waals surface area contributed by atoms with E-state index in [0.717, 1.165) is 16.8 Å². The Morgan fingerprint density at radius 3 is 2.75 bits per heavy atom. The second kappa shape index (κ2) is 5.76. The first-order chi connectivity index (χ1) is 11.6. The van der Waals surface area contributed by atoms with E-state index in [2.05, 4.69) is 10.4 Å². The van der Waals surface area contributed by atoms with Crippen LogP contribution in [0, 0.1) is 5.82 Å². The van der Waals surface area contributed by atoms with Crippen LogP contribution in [-0.4, -0.2) is 15.7 Å². The van der Waals surface area contributed by atoms with Gasteiger partial charge in [0.05, 0.1) is 11.9 Å². The van der Waals surface area contributed by atoms with E-state index in [1.54, 1.807) is 35.1 Å². The van der Waals surface area contributed by atoms with Crippen molar-refractivity contribution in [3.8, 4) is 5.69 Å². The minimum Gasteiger partial charge on any atom is -0.310 e. The highest BCUT2D eigenvalue weighted by Gasteiger charge is 2.30. The molecule has 1 aliphatic heterocycles. The highest BCUT2D eigenvalue weighted by molar-refractivity contribution is 6.30. The summed E-state index contributed by atoms with van der Waals surface area (Å²) in [4.78, 5) is 12.2. The third-order valence-corrected chi connectivity index (χ3v) is 4.38. The van der Waals surface area contributed by atoms with Crippen molar-refractivity contribution in [2.75, 3.05) is 5.32 Å². The van der Waals surface area contributed by atoms with Gasteiger partial charge in [0.1, 0.15) is 11.6 Å². The fourth-order valence-electron chi connectivity index (χ4n) is 3.02. The molecule has 0 radical (unpaired) electrons. The normalized spacial score (nSPS) is 16.6. The molecule has 1 atom stereocenters. The van der Waals surface area contributed by atoms with Gasteiger partial charge in [0.25, 0.3) is 0 Å². The lowest BCUT2D eigenvalue weighted by Gasteiger charge is -2.23. The van der Waals surface area contributed by atoms with E-state index < -0.39 is 0 Å². The van der Waals surface area contributed by atoms with Gasteiger partial charge >= 0.3 is 0 Å². The molecular weight excluding hydrogens is 329 g/mol. The van der Waals surface area contributed by atoms with Crippen LogP contribution in [0.15, 0.2) is 54.7 Å². The molecule has 0 fully saturated rings. The Morgan fingerprint density at radius 1 is 1.21 bits per heavy atom. The Labute approximate surface area is 142 Å². The average molecular weight is 342 g/mol. The van der Waals surface area contributed by atoms with Crippen molar-refractivity contribution in [2.45, 2.75) is 12.3 Å². The molecule has 0 spiro atoms. The number of rotatable bonds is 2. The molecule has 0 saturated heterocycles. The van der Waals surface area contributed by atoms with Gasteiger partial charge in [-0.1, -0.05) is 29.8 Å². The molecule has 2 aromatic carbocycles. The fourth-order valence-corrected chi connectivity index (χ4v) is 3.20. The fraction of sp³-hybridized carbons (Fsp3) is 0.111. The molecule has 1 amide bonds. The molecule has 2 heterocycles. The van der Waals surface area contributed by atoms with Crippen molar-refractivity contribution in [1.82, 2.24) is 9.78 Å². The topological polar surface area (TPSA) is 46.9 Å². The number of benzene rings is 2. The summed E-state index contributed by atoms with van der Waals surface area (Å²) in [5.41, 5.74) is 2.56. The number of carbonyl (C=O) groups is 1. The Bertz CT molecular complexity index is 920. The predicted octanol–water partition coefficient (Wildman–Crippen LogP) is 4.14. The summed E-state index contributed by atoms with van der Waals surface area (Å²) in [5, 5.41) is 7.88. The number of hydrogen-bond acceptors (Lipinski definition) is 2. The number of hydrogen-bond donors (Lipinski definition) is 1. The SMILES string of the molecule is O=C1CC(c2ccc(F)cc2)c2cnn(-c3cccc(Cl)c3)c2N1. The summed E-state index contributed by atoms with van der Waals surface area (Å²) in [6.07, 6.45) is 2.05. The van der Waals surface area contributed by atoms with Gasteiger partial charge in [-0.05, 0) is 35.9 Å². The molecule has 3 aromatic rings. The standard InChI is InChI=1S/C18H13ClFN3O/c19-12-2-1-3-14(8-12)23-18-16(10-21-23)15(9-17(24)22-18)11-4-6-13(20)7-5-11/h1-8,10,15H,9H2,(H,22,24). The summed E-state index contributed by atoms with van der Waals surface area (Å²) < 4.78 is 14.8. The van der Waals surface area contributed by atoms with Crippen LogP contribution in [0.25, 0.3) is 5.69 Å². The van der Waals surface area contributed by atoms with Crippen LogP contribution in [0.4, 0.5) is 10.2 Å². The van der Waals surface area contributed by atoms with Crippen molar-refractivity contribution < 1.29 is 9.18 Å². The van der Waals surface area contributed by atoms with Crippen LogP contribution in [0.5, 0.6) is 0 Å². The van der Waals surface area contributed by atoms with E-state index in [1.165, 1.54) is 12.1 Å². The smallest absolute Gasteiger partial charge is 0.226 e. The second-order valence-corrected chi connectivity index (χ2v) is 6.13. The van der Waals surface area contributed by atoms with Crippen molar-refractivity contribution in [3.05, 3.63) is 76.7 Å². The Kier molecular flexibility index (Phi) is 3.58. The molecule has 1 aromatic heterocycles. The van der Waals surface area contributed by atoms with Gasteiger partial charge in [-0.2, -0.15) is 5.10 Å². The summed E-state index contributed by atoms with van der Waals surface area (Å²) in [7, 11) is 0. The quantitative estimate of drug-likeness (QED) is 0.761. The minimum atomic E-state index is -0.297.